The molecule has 2 aromatic rings. The molecule has 0 fully saturated rings. The van der Waals surface area contributed by atoms with E-state index in [0.29, 0.717) is 19.0 Å². The number of rotatable bonds is 6. The number of anilines is 2. The van der Waals surface area contributed by atoms with Crippen molar-refractivity contribution in [3.63, 3.8) is 0 Å². The van der Waals surface area contributed by atoms with Gasteiger partial charge in [-0.05, 0) is 25.1 Å². The van der Waals surface area contributed by atoms with E-state index in [0.717, 1.165) is 17.0 Å². The van der Waals surface area contributed by atoms with Gasteiger partial charge in [0.25, 0.3) is 0 Å². The lowest BCUT2D eigenvalue weighted by atomic mass is 10.2. The van der Waals surface area contributed by atoms with Crippen molar-refractivity contribution in [3.8, 4) is 5.75 Å². The number of carbonyl (C=O) groups is 1. The molecule has 0 aliphatic carbocycles. The summed E-state index contributed by atoms with van der Waals surface area (Å²) in [5.74, 6) is 1.28. The first kappa shape index (κ1) is 15.6. The van der Waals surface area contributed by atoms with Gasteiger partial charge in [0.15, 0.2) is 0 Å². The van der Waals surface area contributed by atoms with Crippen LogP contribution in [0.2, 0.25) is 0 Å². The standard InChI is InChI=1S/C16H19N3O3/c1-3-22-16(20)19-15-9-8-13(11-18-15)17-10-12-6-4-5-7-14(12)21-2/h4-9,11,17H,3,10H2,1-2H3,(H,18,19,20). The Hall–Kier alpha value is -2.76. The molecule has 116 valence electrons. The molecule has 22 heavy (non-hydrogen) atoms. The number of hydrogen-bond donors (Lipinski definition) is 2. The quantitative estimate of drug-likeness (QED) is 0.856. The Kier molecular flexibility index (Phi) is 5.59. The second-order valence-corrected chi connectivity index (χ2v) is 4.44. The molecule has 0 aliphatic rings. The van der Waals surface area contributed by atoms with Crippen molar-refractivity contribution in [2.45, 2.75) is 13.5 Å². The third-order valence-corrected chi connectivity index (χ3v) is 2.94. The Bertz CT molecular complexity index is 614. The molecule has 2 N–H and O–H groups in total. The summed E-state index contributed by atoms with van der Waals surface area (Å²) in [6.07, 6.45) is 1.14. The van der Waals surface area contributed by atoms with E-state index in [4.69, 9.17) is 9.47 Å². The minimum Gasteiger partial charge on any atom is -0.496 e. The van der Waals surface area contributed by atoms with Gasteiger partial charge in [-0.2, -0.15) is 0 Å². The lowest BCUT2D eigenvalue weighted by Crippen LogP contribution is -2.14. The van der Waals surface area contributed by atoms with Crippen LogP contribution in [0.5, 0.6) is 5.75 Å². The van der Waals surface area contributed by atoms with Gasteiger partial charge < -0.3 is 14.8 Å². The molecule has 1 amide bonds. The smallest absolute Gasteiger partial charge is 0.412 e. The number of nitrogens with one attached hydrogen (secondary N) is 2. The van der Waals surface area contributed by atoms with Crippen molar-refractivity contribution >= 4 is 17.6 Å². The highest BCUT2D eigenvalue weighted by Gasteiger charge is 2.04. The zero-order chi connectivity index (χ0) is 15.8. The van der Waals surface area contributed by atoms with Crippen LogP contribution in [0.25, 0.3) is 0 Å². The van der Waals surface area contributed by atoms with E-state index in [2.05, 4.69) is 15.6 Å². The number of carbonyl (C=O) groups excluding carboxylic acids is 1. The number of aromatic nitrogens is 1. The molecule has 0 aliphatic heterocycles. The number of benzene rings is 1. The molecule has 0 spiro atoms. The van der Waals surface area contributed by atoms with Crippen LogP contribution < -0.4 is 15.4 Å². The molecule has 0 saturated carbocycles. The van der Waals surface area contributed by atoms with Crippen LogP contribution >= 0.6 is 0 Å². The maximum atomic E-state index is 11.3. The van der Waals surface area contributed by atoms with Crippen LogP contribution in [0.1, 0.15) is 12.5 Å². The van der Waals surface area contributed by atoms with Crippen LogP contribution in [0, 0.1) is 0 Å². The highest BCUT2D eigenvalue weighted by Crippen LogP contribution is 2.19. The number of ether oxygens (including phenoxy) is 2. The fourth-order valence-corrected chi connectivity index (χ4v) is 1.89. The Morgan fingerprint density at radius 2 is 2.05 bits per heavy atom. The first-order chi connectivity index (χ1) is 10.7. The molecule has 0 radical (unpaired) electrons. The molecule has 6 nitrogen and oxygen atoms in total. The van der Waals surface area contributed by atoms with Crippen LogP contribution in [-0.4, -0.2) is 24.8 Å². The molecule has 2 rings (SSSR count). The van der Waals surface area contributed by atoms with E-state index in [1.165, 1.54) is 0 Å². The van der Waals surface area contributed by atoms with Crippen molar-refractivity contribution < 1.29 is 14.3 Å². The van der Waals surface area contributed by atoms with Crippen molar-refractivity contribution in [1.82, 2.24) is 4.98 Å². The van der Waals surface area contributed by atoms with Gasteiger partial charge in [-0.15, -0.1) is 0 Å². The molecule has 1 heterocycles. The largest absolute Gasteiger partial charge is 0.496 e. The summed E-state index contributed by atoms with van der Waals surface area (Å²) in [4.78, 5) is 15.4. The summed E-state index contributed by atoms with van der Waals surface area (Å²) in [6, 6.07) is 11.4. The number of hydrogen-bond acceptors (Lipinski definition) is 5. The van der Waals surface area contributed by atoms with Gasteiger partial charge in [-0.3, -0.25) is 5.32 Å². The minimum absolute atomic E-state index is 0.324. The Morgan fingerprint density at radius 1 is 1.23 bits per heavy atom. The number of nitrogens with zero attached hydrogens (tertiary/aromatic N) is 1. The van der Waals surface area contributed by atoms with Gasteiger partial charge in [-0.25, -0.2) is 9.78 Å². The predicted molar refractivity (Wildman–Crippen MR) is 85.2 cm³/mol. The summed E-state index contributed by atoms with van der Waals surface area (Å²) >= 11 is 0. The first-order valence-electron chi connectivity index (χ1n) is 6.98. The fourth-order valence-electron chi connectivity index (χ4n) is 1.89. The predicted octanol–water partition coefficient (Wildman–Crippen LogP) is 3.27. The van der Waals surface area contributed by atoms with Crippen LogP contribution in [-0.2, 0) is 11.3 Å². The van der Waals surface area contributed by atoms with Gasteiger partial charge >= 0.3 is 6.09 Å². The van der Waals surface area contributed by atoms with Crippen molar-refractivity contribution in [2.75, 3.05) is 24.4 Å². The Labute approximate surface area is 129 Å². The highest BCUT2D eigenvalue weighted by molar-refractivity contribution is 5.83. The van der Waals surface area contributed by atoms with E-state index < -0.39 is 6.09 Å². The fraction of sp³-hybridized carbons (Fsp3) is 0.250. The van der Waals surface area contributed by atoms with E-state index in [9.17, 15) is 4.79 Å². The van der Waals surface area contributed by atoms with Gasteiger partial charge in [-0.1, -0.05) is 18.2 Å². The molecule has 1 aromatic carbocycles. The topological polar surface area (TPSA) is 72.5 Å². The van der Waals surface area contributed by atoms with Gasteiger partial charge in [0.1, 0.15) is 11.6 Å². The molecular weight excluding hydrogens is 282 g/mol. The normalized spacial score (nSPS) is 9.91. The van der Waals surface area contributed by atoms with Crippen LogP contribution in [0.3, 0.4) is 0 Å². The second-order valence-electron chi connectivity index (χ2n) is 4.44. The SMILES string of the molecule is CCOC(=O)Nc1ccc(NCc2ccccc2OC)cn1. The molecule has 0 bridgehead atoms. The molecule has 0 atom stereocenters. The van der Waals surface area contributed by atoms with Crippen molar-refractivity contribution in [2.24, 2.45) is 0 Å². The van der Waals surface area contributed by atoms with Gasteiger partial charge in [0.2, 0.25) is 0 Å². The van der Waals surface area contributed by atoms with Gasteiger partial charge in [0.05, 0.1) is 25.6 Å². The number of amides is 1. The summed E-state index contributed by atoms with van der Waals surface area (Å²) in [5.41, 5.74) is 1.90. The third-order valence-electron chi connectivity index (χ3n) is 2.94. The van der Waals surface area contributed by atoms with Crippen molar-refractivity contribution in [3.05, 3.63) is 48.2 Å². The van der Waals surface area contributed by atoms with Crippen LogP contribution in [0.4, 0.5) is 16.3 Å². The molecule has 1 aromatic heterocycles. The maximum absolute atomic E-state index is 11.3. The summed E-state index contributed by atoms with van der Waals surface area (Å²) in [7, 11) is 1.65. The average molecular weight is 301 g/mol. The Morgan fingerprint density at radius 3 is 2.73 bits per heavy atom. The number of pyridine rings is 1. The van der Waals surface area contributed by atoms with E-state index in [1.54, 1.807) is 26.3 Å². The third kappa shape index (κ3) is 4.37. The zero-order valence-corrected chi connectivity index (χ0v) is 12.6. The molecule has 0 unspecified atom stereocenters. The highest BCUT2D eigenvalue weighted by atomic mass is 16.5. The summed E-state index contributed by atoms with van der Waals surface area (Å²) < 4.78 is 10.1. The zero-order valence-electron chi connectivity index (χ0n) is 12.6. The lowest BCUT2D eigenvalue weighted by Gasteiger charge is -2.10. The first-order valence-corrected chi connectivity index (χ1v) is 6.98. The van der Waals surface area contributed by atoms with E-state index >= 15 is 0 Å². The molecule has 0 saturated heterocycles. The minimum atomic E-state index is -0.510. The number of methoxy groups -OCH3 is 1. The second kappa shape index (κ2) is 7.87. The van der Waals surface area contributed by atoms with Crippen molar-refractivity contribution in [1.29, 1.82) is 0 Å². The monoisotopic (exact) mass is 301 g/mol. The average Bonchev–Trinajstić information content (AvgIpc) is 2.54. The molecule has 6 heteroatoms. The van der Waals surface area contributed by atoms with E-state index in [1.807, 2.05) is 30.3 Å². The summed E-state index contributed by atoms with van der Waals surface area (Å²) in [6.45, 7) is 2.69. The van der Waals surface area contributed by atoms with E-state index in [-0.39, 0.29) is 0 Å². The maximum Gasteiger partial charge on any atom is 0.412 e. The van der Waals surface area contributed by atoms with Gasteiger partial charge in [0, 0.05) is 12.1 Å². The Balaban J connectivity index is 1.92. The van der Waals surface area contributed by atoms with Crippen LogP contribution in [0.15, 0.2) is 42.6 Å². The summed E-state index contributed by atoms with van der Waals surface area (Å²) in [5, 5.41) is 5.80. The number of para-hydroxylation sites is 1. The molecular formula is C16H19N3O3. The lowest BCUT2D eigenvalue weighted by molar-refractivity contribution is 0.168.